The first-order valence-corrected chi connectivity index (χ1v) is 17.2. The highest BCUT2D eigenvalue weighted by molar-refractivity contribution is 7.25. The highest BCUT2D eigenvalue weighted by Crippen LogP contribution is 2.41. The van der Waals surface area contributed by atoms with Gasteiger partial charge >= 0.3 is 0 Å². The van der Waals surface area contributed by atoms with Crippen molar-refractivity contribution in [1.29, 1.82) is 0 Å². The fourth-order valence-electron chi connectivity index (χ4n) is 6.96. The molecule has 0 saturated carbocycles. The second-order valence-corrected chi connectivity index (χ2v) is 13.2. The number of para-hydroxylation sites is 1. The minimum atomic E-state index is 1.12. The molecule has 8 aromatic carbocycles. The highest BCUT2D eigenvalue weighted by Gasteiger charge is 2.15. The van der Waals surface area contributed by atoms with E-state index in [9.17, 15) is 0 Å². The Kier molecular flexibility index (Phi) is 7.07. The van der Waals surface area contributed by atoms with Gasteiger partial charge in [0.25, 0.3) is 0 Å². The van der Waals surface area contributed by atoms with E-state index in [1.165, 1.54) is 64.3 Å². The zero-order valence-electron chi connectivity index (χ0n) is 26.3. The van der Waals surface area contributed by atoms with Crippen LogP contribution in [-0.2, 0) is 0 Å². The molecule has 2 heteroatoms. The van der Waals surface area contributed by atoms with Gasteiger partial charge in [-0.1, -0.05) is 133 Å². The Bertz CT molecular complexity index is 2530. The Labute approximate surface area is 284 Å². The Balaban J connectivity index is 1.10. The van der Waals surface area contributed by atoms with E-state index >= 15 is 0 Å². The van der Waals surface area contributed by atoms with Crippen molar-refractivity contribution in [1.82, 2.24) is 0 Å². The molecule has 9 aromatic rings. The summed E-state index contributed by atoms with van der Waals surface area (Å²) in [5.41, 5.74) is 10.7. The van der Waals surface area contributed by atoms with E-state index in [2.05, 4.69) is 193 Å². The zero-order valence-corrected chi connectivity index (χ0v) is 27.1. The lowest BCUT2D eigenvalue weighted by molar-refractivity contribution is 1.28. The zero-order chi connectivity index (χ0) is 31.9. The van der Waals surface area contributed by atoms with Crippen LogP contribution in [0.5, 0.6) is 0 Å². The van der Waals surface area contributed by atoms with Gasteiger partial charge in [0.15, 0.2) is 0 Å². The predicted molar refractivity (Wildman–Crippen MR) is 208 cm³/mol. The molecule has 0 saturated heterocycles. The minimum absolute atomic E-state index is 1.12. The van der Waals surface area contributed by atoms with E-state index in [4.69, 9.17) is 0 Å². The van der Waals surface area contributed by atoms with E-state index in [0.29, 0.717) is 0 Å². The minimum Gasteiger partial charge on any atom is -0.311 e. The van der Waals surface area contributed by atoms with Gasteiger partial charge in [-0.2, -0.15) is 0 Å². The molecule has 0 unspecified atom stereocenters. The Morgan fingerprint density at radius 2 is 0.833 bits per heavy atom. The van der Waals surface area contributed by atoms with Crippen LogP contribution in [0.15, 0.2) is 188 Å². The highest BCUT2D eigenvalue weighted by atomic mass is 32.1. The van der Waals surface area contributed by atoms with Crippen LogP contribution in [0, 0.1) is 0 Å². The maximum absolute atomic E-state index is 2.39. The lowest BCUT2D eigenvalue weighted by Crippen LogP contribution is -2.09. The Hall–Kier alpha value is -5.96. The number of thiophene rings is 1. The Morgan fingerprint density at radius 3 is 1.52 bits per heavy atom. The first-order chi connectivity index (χ1) is 23.8. The van der Waals surface area contributed by atoms with E-state index < -0.39 is 0 Å². The van der Waals surface area contributed by atoms with Gasteiger partial charge in [-0.25, -0.2) is 0 Å². The number of rotatable bonds is 6. The molecular formula is C46H31NS. The fraction of sp³-hybridized carbons (Fsp3) is 0. The second-order valence-electron chi connectivity index (χ2n) is 12.1. The van der Waals surface area contributed by atoms with Crippen molar-refractivity contribution in [2.45, 2.75) is 0 Å². The Morgan fingerprint density at radius 1 is 0.312 bits per heavy atom. The molecule has 0 N–H and O–H groups in total. The van der Waals surface area contributed by atoms with E-state index in [1.807, 2.05) is 11.3 Å². The predicted octanol–water partition coefficient (Wildman–Crippen LogP) is 13.7. The molecule has 0 bridgehead atoms. The van der Waals surface area contributed by atoms with E-state index in [0.717, 1.165) is 17.1 Å². The average molecular weight is 630 g/mol. The van der Waals surface area contributed by atoms with Gasteiger partial charge in [0.2, 0.25) is 0 Å². The smallest absolute Gasteiger partial charge is 0.0462 e. The molecule has 0 amide bonds. The molecule has 1 nitrogen and oxygen atoms in total. The molecule has 0 fully saturated rings. The third-order valence-corrected chi connectivity index (χ3v) is 10.4. The average Bonchev–Trinajstić information content (AvgIpc) is 3.53. The van der Waals surface area contributed by atoms with Crippen molar-refractivity contribution in [2.24, 2.45) is 0 Å². The van der Waals surface area contributed by atoms with Crippen LogP contribution in [0.2, 0.25) is 0 Å². The third-order valence-electron chi connectivity index (χ3n) is 9.28. The number of anilines is 3. The van der Waals surface area contributed by atoms with Crippen molar-refractivity contribution in [2.75, 3.05) is 4.90 Å². The first kappa shape index (κ1) is 28.3. The van der Waals surface area contributed by atoms with Crippen LogP contribution in [-0.4, -0.2) is 0 Å². The SMILES string of the molecule is c1ccc(-c2ccccc2-c2ccc(N(c3ccccc3)c3ccc(-c4cccc5cc6sc7ccccc7c6cc45)cc3)cc2)cc1. The van der Waals surface area contributed by atoms with Gasteiger partial charge in [0.1, 0.15) is 0 Å². The standard InChI is InChI=1S/C46H31NS/c1-3-12-32(13-4-1)39-17-7-8-18-40(39)33-22-26-37(27-23-33)47(36-15-5-2-6-16-36)38-28-24-34(25-29-38)41-20-11-14-35-30-46-44(31-43(35)41)42-19-9-10-21-45(42)48-46/h1-31H. The normalized spacial score (nSPS) is 11.3. The number of fused-ring (bicyclic) bond motifs is 4. The van der Waals surface area contributed by atoms with Crippen molar-refractivity contribution in [3.63, 3.8) is 0 Å². The number of hydrogen-bond donors (Lipinski definition) is 0. The van der Waals surface area contributed by atoms with Gasteiger partial charge in [-0.15, -0.1) is 11.3 Å². The first-order valence-electron chi connectivity index (χ1n) is 16.3. The number of nitrogens with zero attached hydrogens (tertiary/aromatic N) is 1. The quantitative estimate of drug-likeness (QED) is 0.177. The van der Waals surface area contributed by atoms with Gasteiger partial charge in [-0.05, 0) is 98.8 Å². The largest absolute Gasteiger partial charge is 0.311 e. The molecule has 0 atom stereocenters. The molecule has 0 spiro atoms. The second kappa shape index (κ2) is 12.0. The molecule has 1 aromatic heterocycles. The molecule has 0 radical (unpaired) electrons. The molecule has 1 heterocycles. The summed E-state index contributed by atoms with van der Waals surface area (Å²) in [7, 11) is 0. The van der Waals surface area contributed by atoms with Crippen LogP contribution >= 0.6 is 11.3 Å². The van der Waals surface area contributed by atoms with E-state index in [-0.39, 0.29) is 0 Å². The van der Waals surface area contributed by atoms with Gasteiger partial charge in [0.05, 0.1) is 0 Å². The van der Waals surface area contributed by atoms with Gasteiger partial charge < -0.3 is 4.90 Å². The third kappa shape index (κ3) is 5.04. The van der Waals surface area contributed by atoms with Crippen molar-refractivity contribution in [3.8, 4) is 33.4 Å². The molecule has 0 aliphatic carbocycles. The summed E-state index contributed by atoms with van der Waals surface area (Å²) in [6.07, 6.45) is 0. The molecule has 0 aliphatic heterocycles. The molecule has 48 heavy (non-hydrogen) atoms. The summed E-state index contributed by atoms with van der Waals surface area (Å²) in [6.45, 7) is 0. The summed E-state index contributed by atoms with van der Waals surface area (Å²) >= 11 is 1.87. The van der Waals surface area contributed by atoms with Crippen molar-refractivity contribution >= 4 is 59.3 Å². The summed E-state index contributed by atoms with van der Waals surface area (Å²) in [6, 6.07) is 68.0. The number of benzene rings is 8. The van der Waals surface area contributed by atoms with Gasteiger partial charge in [-0.3, -0.25) is 0 Å². The monoisotopic (exact) mass is 629 g/mol. The lowest BCUT2D eigenvalue weighted by Gasteiger charge is -2.26. The van der Waals surface area contributed by atoms with Gasteiger partial charge in [0, 0.05) is 37.2 Å². The molecule has 9 rings (SSSR count). The molecule has 226 valence electrons. The number of hydrogen-bond acceptors (Lipinski definition) is 2. The van der Waals surface area contributed by atoms with Crippen LogP contribution in [0.1, 0.15) is 0 Å². The molecule has 0 aliphatic rings. The molecular weight excluding hydrogens is 599 g/mol. The summed E-state index contributed by atoms with van der Waals surface area (Å²) in [5.74, 6) is 0. The van der Waals surface area contributed by atoms with Crippen LogP contribution in [0.4, 0.5) is 17.1 Å². The van der Waals surface area contributed by atoms with Crippen LogP contribution in [0.3, 0.4) is 0 Å². The fourth-order valence-corrected chi connectivity index (χ4v) is 8.09. The summed E-state index contributed by atoms with van der Waals surface area (Å²) in [5, 5.41) is 5.22. The topological polar surface area (TPSA) is 3.24 Å². The van der Waals surface area contributed by atoms with Crippen molar-refractivity contribution < 1.29 is 0 Å². The van der Waals surface area contributed by atoms with Crippen molar-refractivity contribution in [3.05, 3.63) is 188 Å². The summed E-state index contributed by atoms with van der Waals surface area (Å²) in [4.78, 5) is 2.33. The van der Waals surface area contributed by atoms with Crippen LogP contribution < -0.4 is 4.90 Å². The summed E-state index contributed by atoms with van der Waals surface area (Å²) < 4.78 is 2.67. The maximum atomic E-state index is 2.39. The lowest BCUT2D eigenvalue weighted by atomic mass is 9.94. The maximum Gasteiger partial charge on any atom is 0.0462 e. The van der Waals surface area contributed by atoms with Crippen LogP contribution in [0.25, 0.3) is 64.3 Å². The van der Waals surface area contributed by atoms with E-state index in [1.54, 1.807) is 0 Å².